The normalized spacial score (nSPS) is 37.5. The van der Waals surface area contributed by atoms with Gasteiger partial charge >= 0.3 is 0 Å². The van der Waals surface area contributed by atoms with Gasteiger partial charge in [0.15, 0.2) is 0 Å². The Balaban J connectivity index is 1.85. The van der Waals surface area contributed by atoms with Gasteiger partial charge in [-0.3, -0.25) is 4.90 Å². The lowest BCUT2D eigenvalue weighted by atomic mass is 9.89. The van der Waals surface area contributed by atoms with Gasteiger partial charge < -0.3 is 4.74 Å². The first-order chi connectivity index (χ1) is 7.83. The van der Waals surface area contributed by atoms with Crippen LogP contribution in [0, 0.1) is 5.92 Å². The summed E-state index contributed by atoms with van der Waals surface area (Å²) in [5.41, 5.74) is 0. The maximum atomic E-state index is 5.99. The van der Waals surface area contributed by atoms with Gasteiger partial charge in [-0.05, 0) is 51.0 Å². The van der Waals surface area contributed by atoms with E-state index in [0.717, 1.165) is 17.8 Å². The van der Waals surface area contributed by atoms with Gasteiger partial charge in [-0.15, -0.1) is 11.6 Å². The number of ether oxygens (including phenoxy) is 1. The summed E-state index contributed by atoms with van der Waals surface area (Å²) in [6.07, 6.45) is 8.30. The molecule has 0 amide bonds. The van der Waals surface area contributed by atoms with Crippen molar-refractivity contribution >= 4 is 11.6 Å². The van der Waals surface area contributed by atoms with Gasteiger partial charge in [0.1, 0.15) is 0 Å². The van der Waals surface area contributed by atoms with Crippen molar-refractivity contribution in [3.63, 3.8) is 0 Å². The van der Waals surface area contributed by atoms with E-state index < -0.39 is 0 Å². The molecule has 0 aromatic heterocycles. The van der Waals surface area contributed by atoms with E-state index in [1.165, 1.54) is 51.6 Å². The van der Waals surface area contributed by atoms with E-state index in [9.17, 15) is 0 Å². The second-order valence-electron chi connectivity index (χ2n) is 5.34. The van der Waals surface area contributed by atoms with Crippen molar-refractivity contribution < 1.29 is 4.74 Å². The maximum Gasteiger partial charge on any atom is 0.0586 e. The second-order valence-corrected chi connectivity index (χ2v) is 5.64. The summed E-state index contributed by atoms with van der Waals surface area (Å²) in [4.78, 5) is 2.67. The molecular weight excluding hydrogens is 222 g/mol. The van der Waals surface area contributed by atoms with E-state index in [-0.39, 0.29) is 0 Å². The third kappa shape index (κ3) is 3.12. The fourth-order valence-electron chi connectivity index (χ4n) is 3.22. The first-order valence-electron chi connectivity index (χ1n) is 6.66. The fraction of sp³-hybridized carbons (Fsp3) is 1.00. The first-order valence-corrected chi connectivity index (χ1v) is 7.19. The summed E-state index contributed by atoms with van der Waals surface area (Å²) >= 11 is 5.99. The molecule has 0 aromatic rings. The Kier molecular flexibility index (Phi) is 4.93. The summed E-state index contributed by atoms with van der Waals surface area (Å²) in [6, 6.07) is 0.754. The smallest absolute Gasteiger partial charge is 0.0586 e. The van der Waals surface area contributed by atoms with Crippen molar-refractivity contribution in [2.75, 3.05) is 26.1 Å². The molecule has 2 nitrogen and oxygen atoms in total. The van der Waals surface area contributed by atoms with Gasteiger partial charge in [-0.25, -0.2) is 0 Å². The number of rotatable bonds is 3. The number of piperidine rings is 1. The molecule has 94 valence electrons. The summed E-state index contributed by atoms with van der Waals surface area (Å²) in [7, 11) is 1.85. The molecule has 0 radical (unpaired) electrons. The molecule has 0 N–H and O–H groups in total. The van der Waals surface area contributed by atoms with Gasteiger partial charge in [-0.2, -0.15) is 0 Å². The quantitative estimate of drug-likeness (QED) is 0.709. The van der Waals surface area contributed by atoms with Crippen molar-refractivity contribution in [2.24, 2.45) is 5.92 Å². The van der Waals surface area contributed by atoms with Crippen molar-refractivity contribution in [1.82, 2.24) is 4.90 Å². The van der Waals surface area contributed by atoms with Crippen LogP contribution in [0.1, 0.15) is 38.5 Å². The summed E-state index contributed by atoms with van der Waals surface area (Å²) in [6.45, 7) is 2.49. The van der Waals surface area contributed by atoms with Crippen molar-refractivity contribution in [1.29, 1.82) is 0 Å². The molecule has 2 rings (SSSR count). The number of methoxy groups -OCH3 is 1. The lowest BCUT2D eigenvalue weighted by Crippen LogP contribution is -2.46. The minimum Gasteiger partial charge on any atom is -0.381 e. The zero-order valence-electron chi connectivity index (χ0n) is 10.3. The van der Waals surface area contributed by atoms with Crippen LogP contribution in [0.3, 0.4) is 0 Å². The zero-order valence-corrected chi connectivity index (χ0v) is 11.1. The number of nitrogens with zero attached hydrogens (tertiary/aromatic N) is 1. The summed E-state index contributed by atoms with van der Waals surface area (Å²) in [5, 5.41) is 0. The molecule has 2 aliphatic rings. The van der Waals surface area contributed by atoms with Gasteiger partial charge in [0.05, 0.1) is 6.10 Å². The van der Waals surface area contributed by atoms with Gasteiger partial charge in [0, 0.05) is 25.6 Å². The van der Waals surface area contributed by atoms with E-state index in [0.29, 0.717) is 6.10 Å². The molecule has 16 heavy (non-hydrogen) atoms. The average Bonchev–Trinajstić information content (AvgIpc) is 2.39. The van der Waals surface area contributed by atoms with E-state index in [1.807, 2.05) is 7.11 Å². The molecule has 0 spiro atoms. The second kappa shape index (κ2) is 6.23. The highest BCUT2D eigenvalue weighted by atomic mass is 35.5. The Morgan fingerprint density at radius 1 is 1.25 bits per heavy atom. The number of alkyl halides is 1. The molecule has 1 aliphatic heterocycles. The largest absolute Gasteiger partial charge is 0.381 e. The monoisotopic (exact) mass is 245 g/mol. The lowest BCUT2D eigenvalue weighted by molar-refractivity contribution is 0.0166. The molecular formula is C13H24ClNO. The average molecular weight is 246 g/mol. The van der Waals surface area contributed by atoms with E-state index in [2.05, 4.69) is 4.90 Å². The third-order valence-electron chi connectivity index (χ3n) is 4.22. The summed E-state index contributed by atoms with van der Waals surface area (Å²) < 4.78 is 5.51. The number of likely N-dealkylation sites (tertiary alicyclic amines) is 1. The van der Waals surface area contributed by atoms with Crippen LogP contribution in [0.4, 0.5) is 0 Å². The Labute approximate surface area is 104 Å². The van der Waals surface area contributed by atoms with E-state index in [1.54, 1.807) is 0 Å². The predicted octanol–water partition coefficient (Wildman–Crippen LogP) is 2.89. The zero-order chi connectivity index (χ0) is 11.4. The van der Waals surface area contributed by atoms with Crippen LogP contribution >= 0.6 is 11.6 Å². The summed E-state index contributed by atoms with van der Waals surface area (Å²) in [5.74, 6) is 1.55. The maximum absolute atomic E-state index is 5.99. The molecule has 1 saturated carbocycles. The highest BCUT2D eigenvalue weighted by Crippen LogP contribution is 2.28. The van der Waals surface area contributed by atoms with Crippen LogP contribution in [-0.4, -0.2) is 43.1 Å². The van der Waals surface area contributed by atoms with Crippen LogP contribution in [0.15, 0.2) is 0 Å². The Morgan fingerprint density at radius 2 is 2.12 bits per heavy atom. The SMILES string of the molecule is COC1CCCC(N2CCCC(CCl)C2)C1. The van der Waals surface area contributed by atoms with Gasteiger partial charge in [-0.1, -0.05) is 0 Å². The molecule has 1 saturated heterocycles. The molecule has 3 heteroatoms. The molecule has 3 atom stereocenters. The Hall–Kier alpha value is 0.210. The minimum absolute atomic E-state index is 0.495. The van der Waals surface area contributed by atoms with Gasteiger partial charge in [0.2, 0.25) is 0 Å². The molecule has 1 heterocycles. The van der Waals surface area contributed by atoms with E-state index >= 15 is 0 Å². The van der Waals surface area contributed by atoms with Crippen molar-refractivity contribution in [3.05, 3.63) is 0 Å². The molecule has 0 bridgehead atoms. The molecule has 3 unspecified atom stereocenters. The fourth-order valence-corrected chi connectivity index (χ4v) is 3.47. The van der Waals surface area contributed by atoms with Crippen molar-refractivity contribution in [3.8, 4) is 0 Å². The predicted molar refractivity (Wildman–Crippen MR) is 68.1 cm³/mol. The molecule has 0 aromatic carbocycles. The molecule has 1 aliphatic carbocycles. The van der Waals surface area contributed by atoms with E-state index in [4.69, 9.17) is 16.3 Å². The standard InChI is InChI=1S/C13H24ClNO/c1-16-13-6-2-5-12(8-13)15-7-3-4-11(9-14)10-15/h11-13H,2-10H2,1H3. The highest BCUT2D eigenvalue weighted by molar-refractivity contribution is 6.18. The van der Waals surface area contributed by atoms with Crippen molar-refractivity contribution in [2.45, 2.75) is 50.7 Å². The highest BCUT2D eigenvalue weighted by Gasteiger charge is 2.29. The number of hydrogen-bond donors (Lipinski definition) is 0. The van der Waals surface area contributed by atoms with Crippen LogP contribution in [0.25, 0.3) is 0 Å². The van der Waals surface area contributed by atoms with Crippen LogP contribution in [0.5, 0.6) is 0 Å². The van der Waals surface area contributed by atoms with Crippen LogP contribution < -0.4 is 0 Å². The topological polar surface area (TPSA) is 12.5 Å². The Morgan fingerprint density at radius 3 is 2.88 bits per heavy atom. The van der Waals surface area contributed by atoms with Crippen LogP contribution in [-0.2, 0) is 4.74 Å². The number of halogens is 1. The van der Waals surface area contributed by atoms with Gasteiger partial charge in [0.25, 0.3) is 0 Å². The first kappa shape index (κ1) is 12.7. The Bertz CT molecular complexity index is 190. The lowest BCUT2D eigenvalue weighted by Gasteiger charge is -2.41. The number of hydrogen-bond acceptors (Lipinski definition) is 2. The van der Waals surface area contributed by atoms with Crippen LogP contribution in [0.2, 0.25) is 0 Å². The minimum atomic E-state index is 0.495. The molecule has 2 fully saturated rings. The third-order valence-corrected chi connectivity index (χ3v) is 4.65.